The van der Waals surface area contributed by atoms with Gasteiger partial charge in [0.05, 0.1) is 7.11 Å². The van der Waals surface area contributed by atoms with E-state index in [1.54, 1.807) is 0 Å². The van der Waals surface area contributed by atoms with Crippen molar-refractivity contribution in [3.05, 3.63) is 34.4 Å². The first-order chi connectivity index (χ1) is 10.2. The molecular formula is C16H27NO4. The van der Waals surface area contributed by atoms with Crippen LogP contribution in [0.4, 0.5) is 0 Å². The SMILES string of the molecule is COC(=O)CCCCCCCC=CCC=CCC[N+](=O)[O-]. The van der Waals surface area contributed by atoms with Gasteiger partial charge in [-0.3, -0.25) is 14.9 Å². The number of rotatable bonds is 13. The molecule has 0 atom stereocenters. The zero-order valence-electron chi connectivity index (χ0n) is 13.0. The lowest BCUT2D eigenvalue weighted by Crippen LogP contribution is -1.98. The van der Waals surface area contributed by atoms with Gasteiger partial charge >= 0.3 is 5.97 Å². The summed E-state index contributed by atoms with van der Waals surface area (Å²) in [4.78, 5) is 20.7. The van der Waals surface area contributed by atoms with E-state index in [-0.39, 0.29) is 17.4 Å². The molecule has 0 fully saturated rings. The molecule has 0 saturated heterocycles. The Kier molecular flexibility index (Phi) is 13.6. The molecule has 0 aromatic carbocycles. The van der Waals surface area contributed by atoms with Gasteiger partial charge in [-0.1, -0.05) is 43.6 Å². The smallest absolute Gasteiger partial charge is 0.305 e. The Bertz CT molecular complexity index is 337. The number of unbranched alkanes of at least 4 members (excludes halogenated alkanes) is 5. The zero-order valence-corrected chi connectivity index (χ0v) is 13.0. The highest BCUT2D eigenvalue weighted by Crippen LogP contribution is 2.08. The van der Waals surface area contributed by atoms with Crippen molar-refractivity contribution in [1.82, 2.24) is 0 Å². The van der Waals surface area contributed by atoms with Crippen molar-refractivity contribution < 1.29 is 14.5 Å². The van der Waals surface area contributed by atoms with Gasteiger partial charge in [-0.05, 0) is 25.7 Å². The van der Waals surface area contributed by atoms with Crippen molar-refractivity contribution in [3.8, 4) is 0 Å². The highest BCUT2D eigenvalue weighted by atomic mass is 16.6. The molecule has 0 N–H and O–H groups in total. The molecule has 0 radical (unpaired) electrons. The first kappa shape index (κ1) is 19.4. The first-order valence-electron chi connectivity index (χ1n) is 7.65. The van der Waals surface area contributed by atoms with Crippen molar-refractivity contribution >= 4 is 5.97 Å². The summed E-state index contributed by atoms with van der Waals surface area (Å²) >= 11 is 0. The van der Waals surface area contributed by atoms with Crippen molar-refractivity contribution in [2.75, 3.05) is 13.7 Å². The number of nitro groups is 1. The molecule has 0 heterocycles. The fraction of sp³-hybridized carbons (Fsp3) is 0.688. The number of carbonyl (C=O) groups excluding carboxylic acids is 1. The number of nitrogens with zero attached hydrogens (tertiary/aromatic N) is 1. The summed E-state index contributed by atoms with van der Waals surface area (Å²) in [5.74, 6) is -0.121. The Labute approximate surface area is 127 Å². The number of hydrogen-bond donors (Lipinski definition) is 0. The summed E-state index contributed by atoms with van der Waals surface area (Å²) in [5.41, 5.74) is 0. The van der Waals surface area contributed by atoms with Crippen molar-refractivity contribution in [2.45, 2.75) is 57.8 Å². The van der Waals surface area contributed by atoms with Gasteiger partial charge in [0, 0.05) is 17.8 Å². The van der Waals surface area contributed by atoms with Crippen LogP contribution in [0.2, 0.25) is 0 Å². The summed E-state index contributed by atoms with van der Waals surface area (Å²) in [7, 11) is 1.42. The van der Waals surface area contributed by atoms with E-state index in [0.717, 1.165) is 32.1 Å². The molecule has 0 rings (SSSR count). The van der Waals surface area contributed by atoms with Gasteiger partial charge in [-0.2, -0.15) is 0 Å². The van der Waals surface area contributed by atoms with E-state index in [0.29, 0.717) is 12.8 Å². The summed E-state index contributed by atoms with van der Waals surface area (Å²) in [6.07, 6.45) is 16.5. The van der Waals surface area contributed by atoms with Crippen molar-refractivity contribution in [2.24, 2.45) is 0 Å². The van der Waals surface area contributed by atoms with Crippen LogP contribution in [0.5, 0.6) is 0 Å². The average Bonchev–Trinajstić information content (AvgIpc) is 2.46. The van der Waals surface area contributed by atoms with Crippen LogP contribution in [0, 0.1) is 10.1 Å². The summed E-state index contributed by atoms with van der Waals surface area (Å²) < 4.78 is 4.58. The lowest BCUT2D eigenvalue weighted by Gasteiger charge is -1.99. The molecule has 0 saturated carbocycles. The van der Waals surface area contributed by atoms with E-state index in [1.807, 2.05) is 12.2 Å². The van der Waals surface area contributed by atoms with E-state index < -0.39 is 0 Å². The topological polar surface area (TPSA) is 69.4 Å². The fourth-order valence-corrected chi connectivity index (χ4v) is 1.85. The van der Waals surface area contributed by atoms with Crippen LogP contribution in [0.1, 0.15) is 57.8 Å². The van der Waals surface area contributed by atoms with Crippen molar-refractivity contribution in [1.29, 1.82) is 0 Å². The minimum atomic E-state index is -0.300. The molecule has 0 aliphatic rings. The van der Waals surface area contributed by atoms with Crippen LogP contribution in [0.25, 0.3) is 0 Å². The van der Waals surface area contributed by atoms with Crippen LogP contribution in [0.3, 0.4) is 0 Å². The largest absolute Gasteiger partial charge is 0.469 e. The number of allylic oxidation sites excluding steroid dienone is 3. The molecular weight excluding hydrogens is 270 g/mol. The maximum Gasteiger partial charge on any atom is 0.305 e. The maximum atomic E-state index is 10.9. The lowest BCUT2D eigenvalue weighted by atomic mass is 10.1. The third kappa shape index (κ3) is 16.3. The number of hydrogen-bond acceptors (Lipinski definition) is 4. The van der Waals surface area contributed by atoms with Gasteiger partial charge in [-0.15, -0.1) is 0 Å². The van der Waals surface area contributed by atoms with Gasteiger partial charge in [0.2, 0.25) is 6.54 Å². The molecule has 0 aliphatic carbocycles. The Hall–Kier alpha value is -1.65. The fourth-order valence-electron chi connectivity index (χ4n) is 1.85. The van der Waals surface area contributed by atoms with Gasteiger partial charge in [0.15, 0.2) is 0 Å². The van der Waals surface area contributed by atoms with Crippen LogP contribution >= 0.6 is 0 Å². The van der Waals surface area contributed by atoms with E-state index in [9.17, 15) is 14.9 Å². The summed E-state index contributed by atoms with van der Waals surface area (Å²) in [6.45, 7) is 0.0101. The zero-order chi connectivity index (χ0) is 15.8. The minimum Gasteiger partial charge on any atom is -0.469 e. The predicted octanol–water partition coefficient (Wildman–Crippen LogP) is 4.06. The van der Waals surface area contributed by atoms with Gasteiger partial charge < -0.3 is 4.74 Å². The van der Waals surface area contributed by atoms with E-state index >= 15 is 0 Å². The van der Waals surface area contributed by atoms with Crippen LogP contribution in [0.15, 0.2) is 24.3 Å². The van der Waals surface area contributed by atoms with E-state index in [4.69, 9.17) is 0 Å². The Morgan fingerprint density at radius 1 is 1.00 bits per heavy atom. The third-order valence-corrected chi connectivity index (χ3v) is 3.06. The van der Waals surface area contributed by atoms with Crippen LogP contribution in [-0.2, 0) is 9.53 Å². The standard InChI is InChI=1S/C16H27NO4/c1-21-16(18)14-12-10-8-6-4-2-3-5-7-9-11-13-15-17(19)20/h3,5,9,11H,2,4,6-8,10,12-15H2,1H3. The second-order valence-electron chi connectivity index (χ2n) is 4.91. The molecule has 0 aromatic rings. The molecule has 0 aromatic heterocycles. The van der Waals surface area contributed by atoms with E-state index in [1.165, 1.54) is 20.0 Å². The van der Waals surface area contributed by atoms with Crippen molar-refractivity contribution in [3.63, 3.8) is 0 Å². The summed E-state index contributed by atoms with van der Waals surface area (Å²) in [5, 5.41) is 10.1. The van der Waals surface area contributed by atoms with E-state index in [2.05, 4.69) is 16.9 Å². The van der Waals surface area contributed by atoms with Gasteiger partial charge in [-0.25, -0.2) is 0 Å². The monoisotopic (exact) mass is 297 g/mol. The Balaban J connectivity index is 3.25. The second-order valence-corrected chi connectivity index (χ2v) is 4.91. The highest BCUT2D eigenvalue weighted by molar-refractivity contribution is 5.68. The molecule has 0 amide bonds. The average molecular weight is 297 g/mol. The molecule has 0 spiro atoms. The molecule has 21 heavy (non-hydrogen) atoms. The molecule has 5 heteroatoms. The van der Waals surface area contributed by atoms with Gasteiger partial charge in [0.25, 0.3) is 0 Å². The predicted molar refractivity (Wildman–Crippen MR) is 83.7 cm³/mol. The molecule has 0 aliphatic heterocycles. The second kappa shape index (κ2) is 14.8. The Morgan fingerprint density at radius 3 is 2.29 bits per heavy atom. The summed E-state index contributed by atoms with van der Waals surface area (Å²) in [6, 6.07) is 0. The maximum absolute atomic E-state index is 10.9. The molecule has 5 nitrogen and oxygen atoms in total. The molecule has 120 valence electrons. The molecule has 0 bridgehead atoms. The Morgan fingerprint density at radius 2 is 1.62 bits per heavy atom. The van der Waals surface area contributed by atoms with Gasteiger partial charge in [0.1, 0.15) is 0 Å². The third-order valence-electron chi connectivity index (χ3n) is 3.06. The van der Waals surface area contributed by atoms with Crippen LogP contribution < -0.4 is 0 Å². The number of esters is 1. The minimum absolute atomic E-state index is 0.0101. The normalized spacial score (nSPS) is 11.3. The number of carbonyl (C=O) groups is 1. The lowest BCUT2D eigenvalue weighted by molar-refractivity contribution is -0.478. The highest BCUT2D eigenvalue weighted by Gasteiger charge is 1.98. The quantitative estimate of drug-likeness (QED) is 0.169. The number of methoxy groups -OCH3 is 1. The first-order valence-corrected chi connectivity index (χ1v) is 7.65. The number of ether oxygens (including phenoxy) is 1. The van der Waals surface area contributed by atoms with Crippen LogP contribution in [-0.4, -0.2) is 24.5 Å². The molecule has 0 unspecified atom stereocenters.